The predicted molar refractivity (Wildman–Crippen MR) is 92.3 cm³/mol. The number of ether oxygens (including phenoxy) is 4. The highest BCUT2D eigenvalue weighted by Crippen LogP contribution is 2.50. The fourth-order valence-corrected chi connectivity index (χ4v) is 3.28. The molecule has 2 aliphatic heterocycles. The maximum Gasteiger partial charge on any atom is 0.326 e. The molecule has 23 heavy (non-hydrogen) atoms. The van der Waals surface area contributed by atoms with Crippen molar-refractivity contribution in [2.24, 2.45) is 5.41 Å². The Morgan fingerprint density at radius 2 is 1.70 bits per heavy atom. The SMILES string of the molecule is C#CC1(C)OC[C@H](C(C)(C)[C@](C)(I)[C@H]2COC(C#C)(C#N)O2)O1. The van der Waals surface area contributed by atoms with Crippen LogP contribution < -0.4 is 0 Å². The first-order valence-electron chi connectivity index (χ1n) is 7.25. The molecule has 0 aromatic carbocycles. The van der Waals surface area contributed by atoms with Gasteiger partial charge >= 0.3 is 5.79 Å². The van der Waals surface area contributed by atoms with Gasteiger partial charge < -0.3 is 18.9 Å². The molecule has 2 heterocycles. The van der Waals surface area contributed by atoms with Crippen molar-refractivity contribution < 1.29 is 18.9 Å². The van der Waals surface area contributed by atoms with E-state index in [1.165, 1.54) is 0 Å². The van der Waals surface area contributed by atoms with E-state index in [0.717, 1.165) is 0 Å². The Labute approximate surface area is 151 Å². The van der Waals surface area contributed by atoms with E-state index in [1.807, 2.05) is 13.0 Å². The molecule has 0 radical (unpaired) electrons. The van der Waals surface area contributed by atoms with Crippen molar-refractivity contribution in [2.75, 3.05) is 13.2 Å². The van der Waals surface area contributed by atoms with Gasteiger partial charge in [-0.1, -0.05) is 36.4 Å². The lowest BCUT2D eigenvalue weighted by atomic mass is 9.72. The molecule has 2 unspecified atom stereocenters. The van der Waals surface area contributed by atoms with Gasteiger partial charge in [-0.2, -0.15) is 5.26 Å². The molecule has 5 atom stereocenters. The number of rotatable bonds is 3. The molecule has 0 N–H and O–H groups in total. The largest absolute Gasteiger partial charge is 0.337 e. The van der Waals surface area contributed by atoms with Gasteiger partial charge in [0.05, 0.1) is 22.7 Å². The summed E-state index contributed by atoms with van der Waals surface area (Å²) in [6.45, 7) is 8.49. The molecule has 0 amide bonds. The quantitative estimate of drug-likeness (QED) is 0.391. The third-order valence-electron chi connectivity index (χ3n) is 4.89. The van der Waals surface area contributed by atoms with E-state index < -0.39 is 15.0 Å². The fourth-order valence-electron chi connectivity index (χ4n) is 2.63. The van der Waals surface area contributed by atoms with Gasteiger partial charge in [0.2, 0.25) is 5.79 Å². The monoisotopic (exact) mass is 429 g/mol. The van der Waals surface area contributed by atoms with Crippen LogP contribution in [0.25, 0.3) is 0 Å². The van der Waals surface area contributed by atoms with E-state index in [9.17, 15) is 5.26 Å². The molecule has 2 rings (SSSR count). The molecule has 0 aromatic heterocycles. The third kappa shape index (κ3) is 2.97. The average Bonchev–Trinajstić information content (AvgIpc) is 3.13. The summed E-state index contributed by atoms with van der Waals surface area (Å²) in [5.41, 5.74) is -0.379. The van der Waals surface area contributed by atoms with E-state index in [1.54, 1.807) is 6.92 Å². The van der Waals surface area contributed by atoms with Crippen LogP contribution in [0.4, 0.5) is 0 Å². The standard InChI is InChI=1S/C17H20INO4/c1-7-15(5)20-9-12(22-15)14(3,4)16(6,18)13-10-21-17(8-2,11-19)23-13/h1-2,12-13H,9-10H2,3-6H3/t12-,13-,15?,16-,17?/m1/s1. The van der Waals surface area contributed by atoms with E-state index >= 15 is 0 Å². The molecule has 2 aliphatic rings. The van der Waals surface area contributed by atoms with E-state index in [2.05, 4.69) is 48.3 Å². The maximum atomic E-state index is 9.20. The summed E-state index contributed by atoms with van der Waals surface area (Å²) in [6, 6.07) is 1.91. The summed E-state index contributed by atoms with van der Waals surface area (Å²) in [5.74, 6) is 2.17. The van der Waals surface area contributed by atoms with Gasteiger partial charge in [0, 0.05) is 12.3 Å². The lowest BCUT2D eigenvalue weighted by Gasteiger charge is -2.45. The minimum Gasteiger partial charge on any atom is -0.337 e. The van der Waals surface area contributed by atoms with Crippen LogP contribution >= 0.6 is 22.6 Å². The van der Waals surface area contributed by atoms with Crippen molar-refractivity contribution in [3.8, 4) is 30.8 Å². The minimum atomic E-state index is -1.62. The number of halogens is 1. The summed E-state index contributed by atoms with van der Waals surface area (Å²) in [4.78, 5) is 0. The second kappa shape index (κ2) is 5.92. The highest BCUT2D eigenvalue weighted by Gasteiger charge is 2.58. The van der Waals surface area contributed by atoms with Crippen LogP contribution in [0.15, 0.2) is 0 Å². The highest BCUT2D eigenvalue weighted by molar-refractivity contribution is 14.1. The average molecular weight is 429 g/mol. The number of terminal acetylenes is 2. The van der Waals surface area contributed by atoms with Gasteiger partial charge in [0.1, 0.15) is 12.2 Å². The van der Waals surface area contributed by atoms with Gasteiger partial charge in [0.15, 0.2) is 0 Å². The van der Waals surface area contributed by atoms with Gasteiger partial charge in [0.25, 0.3) is 0 Å². The zero-order valence-electron chi connectivity index (χ0n) is 13.7. The first-order chi connectivity index (χ1) is 10.6. The first-order valence-corrected chi connectivity index (χ1v) is 8.33. The van der Waals surface area contributed by atoms with Gasteiger partial charge in [-0.3, -0.25) is 0 Å². The molecule has 0 spiro atoms. The molecule has 0 saturated carbocycles. The lowest BCUT2D eigenvalue weighted by Crippen LogP contribution is -2.54. The summed E-state index contributed by atoms with van der Waals surface area (Å²) in [5, 5.41) is 9.20. The Kier molecular flexibility index (Phi) is 4.76. The molecule has 0 aliphatic carbocycles. The van der Waals surface area contributed by atoms with Crippen LogP contribution in [0.3, 0.4) is 0 Å². The van der Waals surface area contributed by atoms with E-state index in [0.29, 0.717) is 6.61 Å². The van der Waals surface area contributed by atoms with Crippen molar-refractivity contribution in [1.82, 2.24) is 0 Å². The lowest BCUT2D eigenvalue weighted by molar-refractivity contribution is -0.132. The number of nitriles is 1. The summed E-state index contributed by atoms with van der Waals surface area (Å²) in [6.07, 6.45) is 10.3. The molecular formula is C17H20INO4. The Balaban J connectivity index is 2.21. The first kappa shape index (κ1) is 18.5. The van der Waals surface area contributed by atoms with Crippen molar-refractivity contribution in [3.05, 3.63) is 0 Å². The molecule has 0 bridgehead atoms. The molecular weight excluding hydrogens is 409 g/mol. The van der Waals surface area contributed by atoms with Gasteiger partial charge in [-0.15, -0.1) is 12.8 Å². The van der Waals surface area contributed by atoms with Crippen LogP contribution in [-0.2, 0) is 18.9 Å². The number of nitrogens with zero attached hydrogens (tertiary/aromatic N) is 1. The van der Waals surface area contributed by atoms with Crippen molar-refractivity contribution in [1.29, 1.82) is 5.26 Å². The maximum absolute atomic E-state index is 9.20. The summed E-state index contributed by atoms with van der Waals surface area (Å²) >= 11 is 2.31. The Morgan fingerprint density at radius 3 is 2.13 bits per heavy atom. The molecule has 5 nitrogen and oxygen atoms in total. The van der Waals surface area contributed by atoms with Crippen LogP contribution in [0.1, 0.15) is 27.7 Å². The zero-order chi connectivity index (χ0) is 17.5. The highest BCUT2D eigenvalue weighted by atomic mass is 127. The Hall–Kier alpha value is -0.820. The summed E-state index contributed by atoms with van der Waals surface area (Å²) in [7, 11) is 0. The molecule has 124 valence electrons. The second-order valence-corrected chi connectivity index (χ2v) is 8.84. The van der Waals surface area contributed by atoms with Crippen molar-refractivity contribution in [3.63, 3.8) is 0 Å². The molecule has 6 heteroatoms. The third-order valence-corrected chi connectivity index (χ3v) is 6.98. The second-order valence-electron chi connectivity index (χ2n) is 6.60. The van der Waals surface area contributed by atoms with Crippen LogP contribution in [0, 0.1) is 41.4 Å². The number of hydrogen-bond acceptors (Lipinski definition) is 5. The summed E-state index contributed by atoms with van der Waals surface area (Å²) < 4.78 is 22.3. The van der Waals surface area contributed by atoms with Crippen LogP contribution in [0.5, 0.6) is 0 Å². The smallest absolute Gasteiger partial charge is 0.326 e. The zero-order valence-corrected chi connectivity index (χ0v) is 15.8. The van der Waals surface area contributed by atoms with Crippen molar-refractivity contribution >= 4 is 22.6 Å². The van der Waals surface area contributed by atoms with Crippen LogP contribution in [-0.4, -0.2) is 40.4 Å². The van der Waals surface area contributed by atoms with Gasteiger partial charge in [-0.05, 0) is 18.8 Å². The minimum absolute atomic E-state index is 0.225. The van der Waals surface area contributed by atoms with Gasteiger partial charge in [-0.25, -0.2) is 0 Å². The number of alkyl halides is 1. The van der Waals surface area contributed by atoms with E-state index in [-0.39, 0.29) is 24.2 Å². The molecule has 2 fully saturated rings. The van der Waals surface area contributed by atoms with Crippen molar-refractivity contribution in [2.45, 2.75) is 54.9 Å². The molecule has 0 aromatic rings. The van der Waals surface area contributed by atoms with E-state index in [4.69, 9.17) is 31.8 Å². The Morgan fingerprint density at radius 1 is 1.09 bits per heavy atom. The predicted octanol–water partition coefficient (Wildman–Crippen LogP) is 2.24. The van der Waals surface area contributed by atoms with Crippen LogP contribution in [0.2, 0.25) is 0 Å². The molecule has 2 saturated heterocycles. The number of hydrogen-bond donors (Lipinski definition) is 0. The normalized spacial score (nSPS) is 39.9. The fraction of sp³-hybridized carbons (Fsp3) is 0.706. The Bertz CT molecular complexity index is 596. The topological polar surface area (TPSA) is 60.7 Å².